The summed E-state index contributed by atoms with van der Waals surface area (Å²) in [5.74, 6) is -2.29. The first-order valence-corrected chi connectivity index (χ1v) is 27.4. The van der Waals surface area contributed by atoms with Crippen LogP contribution in [0.3, 0.4) is 0 Å². The second-order valence-corrected chi connectivity index (χ2v) is 23.4. The maximum Gasteiger partial charge on any atom is 0.342 e. The van der Waals surface area contributed by atoms with E-state index in [1.807, 2.05) is 20.8 Å². The van der Waals surface area contributed by atoms with Crippen LogP contribution in [-0.4, -0.2) is 194 Å². The third kappa shape index (κ3) is 10.1. The number of esters is 1. The van der Waals surface area contributed by atoms with Gasteiger partial charge in [-0.2, -0.15) is 0 Å². The number of benzene rings is 1. The van der Waals surface area contributed by atoms with E-state index >= 15 is 0 Å². The monoisotopic (exact) mass is 1080 g/mol. The minimum absolute atomic E-state index is 0.00960. The molecule has 25 atom stereocenters. The largest absolute Gasteiger partial charge is 0.507 e. The molecule has 0 unspecified atom stereocenters. The third-order valence-corrected chi connectivity index (χ3v) is 19.4. The van der Waals surface area contributed by atoms with E-state index in [2.05, 4.69) is 13.0 Å². The van der Waals surface area contributed by atoms with Crippen LogP contribution in [0, 0.1) is 22.7 Å². The molecule has 20 heteroatoms. The van der Waals surface area contributed by atoms with Gasteiger partial charge in [0.2, 0.25) is 0 Å². The Morgan fingerprint density at radius 1 is 0.658 bits per heavy atom. The molecular formula is C56H84O20. The molecule has 7 fully saturated rings. The van der Waals surface area contributed by atoms with E-state index in [0.29, 0.717) is 44.9 Å². The highest BCUT2D eigenvalue weighted by atomic mass is 16.8. The summed E-state index contributed by atoms with van der Waals surface area (Å²) in [7, 11) is 6.25. The van der Waals surface area contributed by atoms with Crippen LogP contribution in [0.25, 0.3) is 0 Å². The molecule has 1 aromatic carbocycles. The van der Waals surface area contributed by atoms with Crippen LogP contribution in [-0.2, 0) is 66.4 Å². The number of hydrogen-bond donors (Lipinski definition) is 5. The van der Waals surface area contributed by atoms with Crippen molar-refractivity contribution in [1.82, 2.24) is 0 Å². The second-order valence-electron chi connectivity index (χ2n) is 23.4. The zero-order valence-corrected chi connectivity index (χ0v) is 45.9. The number of carbonyl (C=O) groups is 2. The Bertz CT molecular complexity index is 2230. The van der Waals surface area contributed by atoms with Crippen LogP contribution >= 0.6 is 0 Å². The number of phenolic OH excluding ortho intramolecular Hbond substituents is 1. The molecule has 4 heterocycles. The van der Waals surface area contributed by atoms with Gasteiger partial charge >= 0.3 is 5.97 Å². The SMILES string of the molecule is CO[C@H]1[C@H](O)[C@@H](O[C@@H]2[C@@H](C)O[C@@H](O[C@@H]3[C@@H](C)O[C@@H](O[C@@H]4[C@@H](C)O[C@@H](O[C@H]5CC[C@@]6(C)C(=CC[C@]7(O)[C@@H]6C[C@@H](OC(=O)c6ccccc6O)[C@]6(C)[C@H](C(C)=O)CC[C@@]67O)C5)C[C@H]4OC)C[C@H]3OC)C[C@H]2OC)O[C@@H](C)[C@@H]1O. The first-order chi connectivity index (χ1) is 36.0. The van der Waals surface area contributed by atoms with Gasteiger partial charge in [0.05, 0.1) is 48.8 Å². The maximum absolute atomic E-state index is 13.8. The van der Waals surface area contributed by atoms with E-state index in [1.54, 1.807) is 47.3 Å². The molecule has 0 amide bonds. The number of aliphatic hydroxyl groups excluding tert-OH is 2. The summed E-state index contributed by atoms with van der Waals surface area (Å²) in [5.41, 5.74) is -4.16. The summed E-state index contributed by atoms with van der Waals surface area (Å²) in [6, 6.07) is 6.14. The number of methoxy groups -OCH3 is 4. The lowest BCUT2D eigenvalue weighted by molar-refractivity contribution is -0.355. The lowest BCUT2D eigenvalue weighted by Gasteiger charge is -2.66. The number of phenols is 1. The van der Waals surface area contributed by atoms with Crippen molar-refractivity contribution in [3.63, 3.8) is 0 Å². The molecule has 4 aliphatic heterocycles. The molecular weight excluding hydrogens is 993 g/mol. The van der Waals surface area contributed by atoms with Gasteiger partial charge in [0.25, 0.3) is 0 Å². The Labute approximate surface area is 446 Å². The Morgan fingerprint density at radius 2 is 1.21 bits per heavy atom. The number of ether oxygens (including phenoxy) is 13. The number of Topliss-reactive ketones (excluding diaryl/α,β-unsaturated/α-hetero) is 1. The van der Waals surface area contributed by atoms with Gasteiger partial charge in [-0.05, 0) is 97.1 Å². The molecule has 5 N–H and O–H groups in total. The van der Waals surface area contributed by atoms with Crippen LogP contribution in [0.1, 0.15) is 123 Å². The molecule has 0 bridgehead atoms. The van der Waals surface area contributed by atoms with Crippen LogP contribution in [0.15, 0.2) is 35.9 Å². The lowest BCUT2D eigenvalue weighted by Crippen LogP contribution is -2.75. The predicted octanol–water partition coefficient (Wildman–Crippen LogP) is 4.40. The van der Waals surface area contributed by atoms with Crippen molar-refractivity contribution < 1.29 is 96.7 Å². The number of fused-ring (bicyclic) bond motifs is 5. The summed E-state index contributed by atoms with van der Waals surface area (Å²) < 4.78 is 81.0. The van der Waals surface area contributed by atoms with Crippen molar-refractivity contribution in [2.24, 2.45) is 22.7 Å². The number of rotatable bonds is 15. The average Bonchev–Trinajstić information content (AvgIpc) is 3.90. The molecule has 3 saturated carbocycles. The number of carbonyl (C=O) groups excluding carboxylic acids is 2. The molecule has 4 aliphatic carbocycles. The quantitative estimate of drug-likeness (QED) is 0.121. The summed E-state index contributed by atoms with van der Waals surface area (Å²) in [6.07, 6.45) is -6.80. The average molecular weight is 1080 g/mol. The lowest BCUT2D eigenvalue weighted by atomic mass is 9.43. The Hall–Kier alpha value is -2.74. The summed E-state index contributed by atoms with van der Waals surface area (Å²) in [4.78, 5) is 27.0. The van der Waals surface area contributed by atoms with Gasteiger partial charge < -0.3 is 87.1 Å². The standard InChI is InChI=1S/C56H84O20/c1-27(57)35-18-21-56(63)54(35,7)41(73-51(61)34-14-12-13-15-36(34)58)26-40-53(6)19-17-33(22-32(53)16-20-55(40,56)62)72-42-23-37(64-8)47(29(3)68-42)74-43-24-38(65-9)48(30(4)69-43)75-44-25-39(66-10)49(31(5)70-44)76-52-46(60)50(67-11)45(59)28(2)71-52/h12-16,28-31,33,35,37-50,52,58-60,62-63H,17-26H2,1-11H3/t28-,29+,30+,31+,33-,35-,37+,38+,39+,40+,41+,42-,43-,44-,45-,46-,47+,48+,49+,50+,52+,53-,54-,55-,56+/m0/s1. The van der Waals surface area contributed by atoms with E-state index in [1.165, 1.54) is 26.2 Å². The Kier molecular flexibility index (Phi) is 17.3. The Balaban J connectivity index is 0.807. The topological polar surface area (TPSA) is 255 Å². The van der Waals surface area contributed by atoms with Crippen LogP contribution < -0.4 is 0 Å². The molecule has 0 radical (unpaired) electrons. The molecule has 0 aromatic heterocycles. The maximum atomic E-state index is 13.8. The van der Waals surface area contributed by atoms with Gasteiger partial charge in [-0.3, -0.25) is 4.79 Å². The van der Waals surface area contributed by atoms with Gasteiger partial charge in [-0.25, -0.2) is 4.79 Å². The highest BCUT2D eigenvalue weighted by Crippen LogP contribution is 2.70. The fourth-order valence-electron chi connectivity index (χ4n) is 15.0. The smallest absolute Gasteiger partial charge is 0.342 e. The third-order valence-electron chi connectivity index (χ3n) is 19.4. The fourth-order valence-corrected chi connectivity index (χ4v) is 15.0. The van der Waals surface area contributed by atoms with Gasteiger partial charge in [0, 0.05) is 65.0 Å². The second kappa shape index (κ2) is 22.7. The number of aromatic hydroxyl groups is 1. The van der Waals surface area contributed by atoms with Gasteiger partial charge in [0.15, 0.2) is 25.2 Å². The van der Waals surface area contributed by atoms with E-state index in [0.717, 1.165) is 5.57 Å². The molecule has 4 saturated heterocycles. The molecule has 8 aliphatic rings. The first-order valence-electron chi connectivity index (χ1n) is 27.4. The highest BCUT2D eigenvalue weighted by molar-refractivity contribution is 5.92. The number of aliphatic hydroxyl groups is 4. The normalized spacial score (nSPS) is 48.5. The number of hydrogen-bond acceptors (Lipinski definition) is 20. The van der Waals surface area contributed by atoms with Crippen molar-refractivity contribution in [1.29, 1.82) is 0 Å². The molecule has 76 heavy (non-hydrogen) atoms. The zero-order valence-electron chi connectivity index (χ0n) is 45.9. The minimum atomic E-state index is -1.75. The summed E-state index contributed by atoms with van der Waals surface area (Å²) in [6.45, 7) is 12.7. The van der Waals surface area contributed by atoms with E-state index < -0.39 is 150 Å². The number of ketones is 1. The van der Waals surface area contributed by atoms with Crippen molar-refractivity contribution in [3.8, 4) is 5.75 Å². The number of para-hydroxylation sites is 1. The minimum Gasteiger partial charge on any atom is -0.507 e. The van der Waals surface area contributed by atoms with Crippen molar-refractivity contribution in [2.75, 3.05) is 28.4 Å². The van der Waals surface area contributed by atoms with Crippen LogP contribution in [0.4, 0.5) is 0 Å². The van der Waals surface area contributed by atoms with E-state index in [9.17, 15) is 35.1 Å². The van der Waals surface area contributed by atoms with Gasteiger partial charge in [-0.15, -0.1) is 0 Å². The van der Waals surface area contributed by atoms with Crippen LogP contribution in [0.2, 0.25) is 0 Å². The molecule has 20 nitrogen and oxygen atoms in total. The Morgan fingerprint density at radius 3 is 1.75 bits per heavy atom. The van der Waals surface area contributed by atoms with E-state index in [4.69, 9.17) is 61.6 Å². The highest BCUT2D eigenvalue weighted by Gasteiger charge is 2.77. The van der Waals surface area contributed by atoms with Crippen molar-refractivity contribution in [3.05, 3.63) is 41.5 Å². The molecule has 9 rings (SSSR count). The van der Waals surface area contributed by atoms with Gasteiger partial charge in [0.1, 0.15) is 71.0 Å². The van der Waals surface area contributed by atoms with E-state index in [-0.39, 0.29) is 42.5 Å². The molecule has 0 spiro atoms. The van der Waals surface area contributed by atoms with Crippen molar-refractivity contribution >= 4 is 11.8 Å². The first kappa shape index (κ1) is 57.9. The van der Waals surface area contributed by atoms with Gasteiger partial charge in [-0.1, -0.05) is 37.6 Å². The van der Waals surface area contributed by atoms with Crippen LogP contribution in [0.5, 0.6) is 5.75 Å². The molecule has 428 valence electrons. The summed E-state index contributed by atoms with van der Waals surface area (Å²) >= 11 is 0. The summed E-state index contributed by atoms with van der Waals surface area (Å²) in [5, 5.41) is 57.9. The fraction of sp³-hybridized carbons (Fsp3) is 0.821. The predicted molar refractivity (Wildman–Crippen MR) is 267 cm³/mol. The molecule has 1 aromatic rings. The zero-order chi connectivity index (χ0) is 54.8. The van der Waals surface area contributed by atoms with Crippen molar-refractivity contribution in [2.45, 2.75) is 241 Å².